The Kier molecular flexibility index (Phi) is 3.90. The maximum atomic E-state index is 12.8. The predicted molar refractivity (Wildman–Crippen MR) is 55.1 cm³/mol. The molecule has 9 heteroatoms. The molecule has 0 atom stereocenters. The zero-order valence-electron chi connectivity index (χ0n) is 8.49. The summed E-state index contributed by atoms with van der Waals surface area (Å²) in [5, 5.41) is 17.5. The second kappa shape index (κ2) is 4.76. The van der Waals surface area contributed by atoms with Gasteiger partial charge >= 0.3 is 6.18 Å². The zero-order valence-corrected chi connectivity index (χ0v) is 10.1. The average molecular weight is 300 g/mol. The summed E-state index contributed by atoms with van der Waals surface area (Å²) in [5.74, 6) is 0. The van der Waals surface area contributed by atoms with Gasteiger partial charge in [-0.05, 0) is 11.6 Å². The molecule has 0 heterocycles. The number of aliphatic hydroxyl groups is 1. The van der Waals surface area contributed by atoms with E-state index in [1.54, 1.807) is 0 Å². The standard InChI is InChI=1S/C9H5ClF3NO3S/c10-18(16,17)7-2-1-5(4-15)8(6(7)3-14)9(11,12)13/h1-2,15H,4H2. The summed E-state index contributed by atoms with van der Waals surface area (Å²) in [4.78, 5) is -0.934. The first-order valence-corrected chi connectivity index (χ1v) is 6.62. The highest BCUT2D eigenvalue weighted by Crippen LogP contribution is 2.37. The fourth-order valence-electron chi connectivity index (χ4n) is 1.40. The van der Waals surface area contributed by atoms with E-state index in [-0.39, 0.29) is 0 Å². The summed E-state index contributed by atoms with van der Waals surface area (Å²) >= 11 is 0. The van der Waals surface area contributed by atoms with Crippen LogP contribution in [0.3, 0.4) is 0 Å². The third-order valence-electron chi connectivity index (χ3n) is 2.08. The molecule has 98 valence electrons. The van der Waals surface area contributed by atoms with Gasteiger partial charge in [0.1, 0.15) is 11.0 Å². The minimum Gasteiger partial charge on any atom is -0.392 e. The van der Waals surface area contributed by atoms with Crippen molar-refractivity contribution in [1.29, 1.82) is 5.26 Å². The molecule has 4 nitrogen and oxygen atoms in total. The number of rotatable bonds is 2. The van der Waals surface area contributed by atoms with E-state index in [0.29, 0.717) is 0 Å². The fraction of sp³-hybridized carbons (Fsp3) is 0.222. The van der Waals surface area contributed by atoms with E-state index in [9.17, 15) is 21.6 Å². The Balaban J connectivity index is 3.82. The van der Waals surface area contributed by atoms with Gasteiger partial charge in [-0.15, -0.1) is 0 Å². The minimum atomic E-state index is -4.97. The van der Waals surface area contributed by atoms with Gasteiger partial charge in [0.05, 0.1) is 17.7 Å². The van der Waals surface area contributed by atoms with Crippen molar-refractivity contribution in [3.8, 4) is 6.07 Å². The van der Waals surface area contributed by atoms with Crippen molar-refractivity contribution in [2.24, 2.45) is 0 Å². The van der Waals surface area contributed by atoms with E-state index in [4.69, 9.17) is 21.1 Å². The minimum absolute atomic E-state index is 0.594. The van der Waals surface area contributed by atoms with E-state index >= 15 is 0 Å². The highest BCUT2D eigenvalue weighted by Gasteiger charge is 2.38. The van der Waals surface area contributed by atoms with Crippen molar-refractivity contribution >= 4 is 19.7 Å². The SMILES string of the molecule is N#Cc1c(S(=O)(=O)Cl)ccc(CO)c1C(F)(F)F. The van der Waals surface area contributed by atoms with Crippen molar-refractivity contribution in [1.82, 2.24) is 0 Å². The molecule has 0 aromatic heterocycles. The molecular weight excluding hydrogens is 295 g/mol. The monoisotopic (exact) mass is 299 g/mol. The van der Waals surface area contributed by atoms with Gasteiger partial charge in [-0.3, -0.25) is 0 Å². The van der Waals surface area contributed by atoms with E-state index in [1.807, 2.05) is 0 Å². The van der Waals surface area contributed by atoms with Crippen LogP contribution in [0.5, 0.6) is 0 Å². The lowest BCUT2D eigenvalue weighted by Gasteiger charge is -2.14. The van der Waals surface area contributed by atoms with E-state index < -0.39 is 43.4 Å². The molecule has 0 amide bonds. The van der Waals surface area contributed by atoms with Crippen LogP contribution in [0.1, 0.15) is 16.7 Å². The summed E-state index contributed by atoms with van der Waals surface area (Å²) in [6.45, 7) is -0.980. The number of alkyl halides is 3. The molecule has 1 aromatic rings. The first kappa shape index (κ1) is 14.8. The van der Waals surface area contributed by atoms with E-state index in [2.05, 4.69) is 0 Å². The molecule has 0 aliphatic rings. The van der Waals surface area contributed by atoms with Crippen LogP contribution in [0.4, 0.5) is 13.2 Å². The molecule has 0 bridgehead atoms. The van der Waals surface area contributed by atoms with Gasteiger partial charge in [-0.2, -0.15) is 18.4 Å². The maximum Gasteiger partial charge on any atom is 0.418 e. The fourth-order valence-corrected chi connectivity index (χ4v) is 2.40. The zero-order chi connectivity index (χ0) is 14.1. The van der Waals surface area contributed by atoms with Crippen LogP contribution in [-0.4, -0.2) is 13.5 Å². The smallest absolute Gasteiger partial charge is 0.392 e. The number of aliphatic hydroxyl groups excluding tert-OH is 1. The van der Waals surface area contributed by atoms with Crippen molar-refractivity contribution in [2.75, 3.05) is 0 Å². The Morgan fingerprint density at radius 1 is 1.39 bits per heavy atom. The lowest BCUT2D eigenvalue weighted by atomic mass is 10.0. The highest BCUT2D eigenvalue weighted by molar-refractivity contribution is 8.13. The molecule has 1 N–H and O–H groups in total. The number of benzene rings is 1. The van der Waals surface area contributed by atoms with Gasteiger partial charge in [0, 0.05) is 10.7 Å². The second-order valence-electron chi connectivity index (χ2n) is 3.18. The van der Waals surface area contributed by atoms with E-state index in [1.165, 1.54) is 0 Å². The van der Waals surface area contributed by atoms with Gasteiger partial charge in [0.25, 0.3) is 9.05 Å². The molecule has 0 aliphatic heterocycles. The molecule has 0 unspecified atom stereocenters. The first-order valence-electron chi connectivity index (χ1n) is 4.31. The normalized spacial score (nSPS) is 12.2. The van der Waals surface area contributed by atoms with Gasteiger partial charge in [-0.1, -0.05) is 6.07 Å². The molecule has 1 aromatic carbocycles. The third kappa shape index (κ3) is 2.75. The van der Waals surface area contributed by atoms with Crippen molar-refractivity contribution in [3.05, 3.63) is 28.8 Å². The second-order valence-corrected chi connectivity index (χ2v) is 5.71. The maximum absolute atomic E-state index is 12.8. The number of nitriles is 1. The Hall–Kier alpha value is -1.30. The Labute approximate surface area is 105 Å². The molecule has 0 aliphatic carbocycles. The summed E-state index contributed by atoms with van der Waals surface area (Å²) in [5.41, 5.74) is -3.21. The van der Waals surface area contributed by atoms with Crippen LogP contribution in [0, 0.1) is 11.3 Å². The molecule has 0 radical (unpaired) electrons. The molecule has 0 fully saturated rings. The van der Waals surface area contributed by atoms with Crippen LogP contribution in [0.2, 0.25) is 0 Å². The molecule has 0 saturated carbocycles. The van der Waals surface area contributed by atoms with Crippen molar-refractivity contribution < 1.29 is 26.7 Å². The quantitative estimate of drug-likeness (QED) is 0.847. The molecule has 1 rings (SSSR count). The Morgan fingerprint density at radius 2 is 1.94 bits per heavy atom. The largest absolute Gasteiger partial charge is 0.418 e. The van der Waals surface area contributed by atoms with E-state index in [0.717, 1.165) is 18.2 Å². The van der Waals surface area contributed by atoms with Crippen LogP contribution < -0.4 is 0 Å². The predicted octanol–water partition coefficient (Wildman–Crippen LogP) is 2.00. The average Bonchev–Trinajstić information content (AvgIpc) is 2.24. The summed E-state index contributed by atoms with van der Waals surface area (Å²) in [6, 6.07) is 2.67. The number of hydrogen-bond acceptors (Lipinski definition) is 4. The summed E-state index contributed by atoms with van der Waals surface area (Å²) in [7, 11) is 0.466. The molecule has 18 heavy (non-hydrogen) atoms. The Morgan fingerprint density at radius 3 is 2.28 bits per heavy atom. The Bertz CT molecular complexity index is 619. The number of hydrogen-bond donors (Lipinski definition) is 1. The lowest BCUT2D eigenvalue weighted by Crippen LogP contribution is -2.14. The first-order chi connectivity index (χ1) is 8.12. The summed E-state index contributed by atoms with van der Waals surface area (Å²) < 4.78 is 60.4. The van der Waals surface area contributed by atoms with Crippen LogP contribution in [0.25, 0.3) is 0 Å². The van der Waals surface area contributed by atoms with Crippen LogP contribution >= 0.6 is 10.7 Å². The molecule has 0 saturated heterocycles. The van der Waals surface area contributed by atoms with Gasteiger partial charge in [-0.25, -0.2) is 8.42 Å². The van der Waals surface area contributed by atoms with Crippen molar-refractivity contribution in [2.45, 2.75) is 17.7 Å². The molecular formula is C9H5ClF3NO3S. The van der Waals surface area contributed by atoms with Gasteiger partial charge in [0.2, 0.25) is 0 Å². The topological polar surface area (TPSA) is 78.2 Å². The third-order valence-corrected chi connectivity index (χ3v) is 3.45. The number of halogens is 4. The van der Waals surface area contributed by atoms with Gasteiger partial charge in [0.15, 0.2) is 0 Å². The number of nitrogens with zero attached hydrogens (tertiary/aromatic N) is 1. The van der Waals surface area contributed by atoms with Crippen LogP contribution in [0.15, 0.2) is 17.0 Å². The summed E-state index contributed by atoms with van der Waals surface area (Å²) in [6.07, 6.45) is -4.97. The van der Waals surface area contributed by atoms with Crippen LogP contribution in [-0.2, 0) is 21.8 Å². The van der Waals surface area contributed by atoms with Gasteiger partial charge < -0.3 is 5.11 Å². The van der Waals surface area contributed by atoms with Crippen molar-refractivity contribution in [3.63, 3.8) is 0 Å². The molecule has 0 spiro atoms. The lowest BCUT2D eigenvalue weighted by molar-refractivity contribution is -0.139. The highest BCUT2D eigenvalue weighted by atomic mass is 35.7.